The van der Waals surface area contributed by atoms with E-state index >= 15 is 0 Å². The van der Waals surface area contributed by atoms with Crippen molar-refractivity contribution in [1.29, 1.82) is 0 Å². The standard InChI is InChI=1S/C21H28N4O2/c1-16-14-24(15-17-8-6-5-7-9-17)12-13-25(16)20-22-11-10-18(23-20)19(26)27-21(2,3)4/h5-11,16H,12-15H2,1-4H3/t16-/m1/s1. The molecule has 6 heteroatoms. The van der Waals surface area contributed by atoms with Gasteiger partial charge in [-0.2, -0.15) is 0 Å². The summed E-state index contributed by atoms with van der Waals surface area (Å²) < 4.78 is 5.42. The molecule has 0 N–H and O–H groups in total. The van der Waals surface area contributed by atoms with Crippen LogP contribution in [0.2, 0.25) is 0 Å². The zero-order valence-electron chi connectivity index (χ0n) is 16.6. The van der Waals surface area contributed by atoms with E-state index < -0.39 is 11.6 Å². The molecule has 1 aliphatic rings. The molecule has 1 fully saturated rings. The number of ether oxygens (including phenoxy) is 1. The summed E-state index contributed by atoms with van der Waals surface area (Å²) in [4.78, 5) is 25.7. The quantitative estimate of drug-likeness (QED) is 0.773. The van der Waals surface area contributed by atoms with Crippen molar-refractivity contribution in [3.05, 3.63) is 53.9 Å². The fourth-order valence-corrected chi connectivity index (χ4v) is 3.25. The second kappa shape index (κ2) is 8.05. The van der Waals surface area contributed by atoms with Gasteiger partial charge in [0.25, 0.3) is 0 Å². The SMILES string of the molecule is C[C@@H]1CN(Cc2ccccc2)CCN1c1nccc(C(=O)OC(C)(C)C)n1. The van der Waals surface area contributed by atoms with Crippen LogP contribution in [0.1, 0.15) is 43.7 Å². The Hall–Kier alpha value is -2.47. The molecule has 2 heterocycles. The van der Waals surface area contributed by atoms with Crippen molar-refractivity contribution in [2.45, 2.75) is 45.9 Å². The fraction of sp³-hybridized carbons (Fsp3) is 0.476. The lowest BCUT2D eigenvalue weighted by Gasteiger charge is -2.40. The molecular formula is C21H28N4O2. The van der Waals surface area contributed by atoms with E-state index in [1.165, 1.54) is 5.56 Å². The first kappa shape index (κ1) is 19.3. The van der Waals surface area contributed by atoms with Crippen molar-refractivity contribution in [1.82, 2.24) is 14.9 Å². The Bertz CT molecular complexity index is 773. The van der Waals surface area contributed by atoms with Gasteiger partial charge in [-0.25, -0.2) is 14.8 Å². The Kier molecular flexibility index (Phi) is 5.75. The summed E-state index contributed by atoms with van der Waals surface area (Å²) in [5.41, 5.74) is 1.08. The average molecular weight is 368 g/mol. The molecule has 1 saturated heterocycles. The van der Waals surface area contributed by atoms with Crippen LogP contribution in [0.5, 0.6) is 0 Å². The predicted molar refractivity (Wildman–Crippen MR) is 106 cm³/mol. The van der Waals surface area contributed by atoms with Gasteiger partial charge in [0.05, 0.1) is 0 Å². The summed E-state index contributed by atoms with van der Waals surface area (Å²) >= 11 is 0. The minimum absolute atomic E-state index is 0.261. The van der Waals surface area contributed by atoms with E-state index in [0.717, 1.165) is 26.2 Å². The third-order valence-corrected chi connectivity index (χ3v) is 4.47. The highest BCUT2D eigenvalue weighted by Gasteiger charge is 2.27. The summed E-state index contributed by atoms with van der Waals surface area (Å²) in [6.07, 6.45) is 1.63. The summed E-state index contributed by atoms with van der Waals surface area (Å²) in [5, 5.41) is 0. The van der Waals surface area contributed by atoms with Gasteiger partial charge in [-0.05, 0) is 39.3 Å². The van der Waals surface area contributed by atoms with E-state index in [1.807, 2.05) is 26.8 Å². The van der Waals surface area contributed by atoms with Crippen LogP contribution in [0, 0.1) is 0 Å². The summed E-state index contributed by atoms with van der Waals surface area (Å²) in [6, 6.07) is 12.4. The van der Waals surface area contributed by atoms with Gasteiger partial charge in [-0.15, -0.1) is 0 Å². The van der Waals surface area contributed by atoms with Crippen LogP contribution in [0.25, 0.3) is 0 Å². The van der Waals surface area contributed by atoms with E-state index in [4.69, 9.17) is 4.74 Å². The van der Waals surface area contributed by atoms with Crippen LogP contribution < -0.4 is 4.90 Å². The molecule has 0 aliphatic carbocycles. The predicted octanol–water partition coefficient (Wildman–Crippen LogP) is 3.14. The Morgan fingerprint density at radius 2 is 1.93 bits per heavy atom. The van der Waals surface area contributed by atoms with Crippen molar-refractivity contribution in [3.8, 4) is 0 Å². The summed E-state index contributed by atoms with van der Waals surface area (Å²) in [5.74, 6) is 0.173. The zero-order valence-corrected chi connectivity index (χ0v) is 16.6. The largest absolute Gasteiger partial charge is 0.455 e. The van der Waals surface area contributed by atoms with Gasteiger partial charge in [0.1, 0.15) is 5.60 Å². The van der Waals surface area contributed by atoms with Gasteiger partial charge >= 0.3 is 5.97 Å². The molecule has 0 bridgehead atoms. The van der Waals surface area contributed by atoms with Gasteiger partial charge in [-0.3, -0.25) is 4.90 Å². The normalized spacial score (nSPS) is 18.4. The summed E-state index contributed by atoms with van der Waals surface area (Å²) in [6.45, 7) is 11.3. The lowest BCUT2D eigenvalue weighted by atomic mass is 10.1. The molecule has 0 amide bonds. The highest BCUT2D eigenvalue weighted by Crippen LogP contribution is 2.19. The first-order valence-corrected chi connectivity index (χ1v) is 9.41. The van der Waals surface area contributed by atoms with E-state index in [2.05, 4.69) is 51.0 Å². The van der Waals surface area contributed by atoms with Gasteiger partial charge in [0.15, 0.2) is 5.69 Å². The minimum atomic E-state index is -0.543. The molecule has 6 nitrogen and oxygen atoms in total. The van der Waals surface area contributed by atoms with E-state index in [-0.39, 0.29) is 6.04 Å². The van der Waals surface area contributed by atoms with E-state index in [9.17, 15) is 4.79 Å². The van der Waals surface area contributed by atoms with Crippen molar-refractivity contribution < 1.29 is 9.53 Å². The van der Waals surface area contributed by atoms with Crippen molar-refractivity contribution >= 4 is 11.9 Å². The van der Waals surface area contributed by atoms with Crippen molar-refractivity contribution in [2.75, 3.05) is 24.5 Å². The second-order valence-corrected chi connectivity index (χ2v) is 8.01. The average Bonchev–Trinajstić information content (AvgIpc) is 2.61. The molecule has 1 aromatic carbocycles. The molecule has 27 heavy (non-hydrogen) atoms. The Labute approximate surface area is 161 Å². The second-order valence-electron chi connectivity index (χ2n) is 8.01. The highest BCUT2D eigenvalue weighted by molar-refractivity contribution is 5.87. The Morgan fingerprint density at radius 3 is 2.59 bits per heavy atom. The van der Waals surface area contributed by atoms with E-state index in [1.54, 1.807) is 12.3 Å². The number of hydrogen-bond donors (Lipinski definition) is 0. The first-order chi connectivity index (χ1) is 12.8. The van der Waals surface area contributed by atoms with Crippen LogP contribution in [0.4, 0.5) is 5.95 Å². The number of carbonyl (C=O) groups excluding carboxylic acids is 1. The smallest absolute Gasteiger partial charge is 0.357 e. The van der Waals surface area contributed by atoms with Crippen LogP contribution >= 0.6 is 0 Å². The number of piperazine rings is 1. The Morgan fingerprint density at radius 1 is 1.19 bits per heavy atom. The number of benzene rings is 1. The molecule has 1 aromatic heterocycles. The lowest BCUT2D eigenvalue weighted by Crippen LogP contribution is -2.52. The molecule has 2 aromatic rings. The number of carbonyl (C=O) groups is 1. The molecule has 0 radical (unpaired) electrons. The zero-order chi connectivity index (χ0) is 19.4. The third-order valence-electron chi connectivity index (χ3n) is 4.47. The summed E-state index contributed by atoms with van der Waals surface area (Å²) in [7, 11) is 0. The number of anilines is 1. The topological polar surface area (TPSA) is 58.6 Å². The van der Waals surface area contributed by atoms with Gasteiger partial charge < -0.3 is 9.64 Å². The molecule has 0 saturated carbocycles. The molecular weight excluding hydrogens is 340 g/mol. The fourth-order valence-electron chi connectivity index (χ4n) is 3.25. The van der Waals surface area contributed by atoms with Gasteiger partial charge in [-0.1, -0.05) is 30.3 Å². The molecule has 1 aliphatic heterocycles. The van der Waals surface area contributed by atoms with Crippen LogP contribution in [0.3, 0.4) is 0 Å². The van der Waals surface area contributed by atoms with Crippen molar-refractivity contribution in [3.63, 3.8) is 0 Å². The maximum atomic E-state index is 12.3. The van der Waals surface area contributed by atoms with Crippen LogP contribution in [0.15, 0.2) is 42.6 Å². The number of nitrogens with zero attached hydrogens (tertiary/aromatic N) is 4. The molecule has 0 spiro atoms. The number of hydrogen-bond acceptors (Lipinski definition) is 6. The third kappa shape index (κ3) is 5.26. The molecule has 3 rings (SSSR count). The molecule has 144 valence electrons. The molecule has 1 atom stereocenters. The van der Waals surface area contributed by atoms with Gasteiger partial charge in [0.2, 0.25) is 5.95 Å². The van der Waals surface area contributed by atoms with Crippen LogP contribution in [-0.2, 0) is 11.3 Å². The van der Waals surface area contributed by atoms with Crippen LogP contribution in [-0.4, -0.2) is 52.1 Å². The van der Waals surface area contributed by atoms with Gasteiger partial charge in [0, 0.05) is 38.4 Å². The maximum absolute atomic E-state index is 12.3. The Balaban J connectivity index is 1.65. The highest BCUT2D eigenvalue weighted by atomic mass is 16.6. The minimum Gasteiger partial charge on any atom is -0.455 e. The lowest BCUT2D eigenvalue weighted by molar-refractivity contribution is 0.00626. The molecule has 0 unspecified atom stereocenters. The first-order valence-electron chi connectivity index (χ1n) is 9.41. The van der Waals surface area contributed by atoms with E-state index in [0.29, 0.717) is 11.6 Å². The maximum Gasteiger partial charge on any atom is 0.357 e. The van der Waals surface area contributed by atoms with Crippen molar-refractivity contribution in [2.24, 2.45) is 0 Å². The number of aromatic nitrogens is 2. The number of esters is 1. The monoisotopic (exact) mass is 368 g/mol. The number of rotatable bonds is 4.